The lowest BCUT2D eigenvalue weighted by atomic mass is 9.89. The number of hydrogen-bond donors (Lipinski definition) is 2. The van der Waals surface area contributed by atoms with Crippen molar-refractivity contribution < 1.29 is 33.1 Å². The van der Waals surface area contributed by atoms with E-state index in [2.05, 4.69) is 39.6 Å². The molecule has 1 aliphatic carbocycles. The Morgan fingerprint density at radius 3 is 2.23 bits per heavy atom. The zero-order valence-electron chi connectivity index (χ0n) is 38.2. The molecule has 0 unspecified atom stereocenters. The summed E-state index contributed by atoms with van der Waals surface area (Å²) in [5.41, 5.74) is 1.77. The van der Waals surface area contributed by atoms with E-state index in [9.17, 15) is 19.2 Å². The van der Waals surface area contributed by atoms with Crippen LogP contribution in [0.1, 0.15) is 97.1 Å². The van der Waals surface area contributed by atoms with E-state index in [1.54, 1.807) is 26.2 Å². The van der Waals surface area contributed by atoms with Gasteiger partial charge in [-0.15, -0.1) is 10.2 Å². The van der Waals surface area contributed by atoms with Crippen LogP contribution in [-0.2, 0) is 35.1 Å². The van der Waals surface area contributed by atoms with Crippen LogP contribution in [0, 0.1) is 23.7 Å². The topological polar surface area (TPSA) is 159 Å². The fourth-order valence-corrected chi connectivity index (χ4v) is 10.3. The lowest BCUT2D eigenvalue weighted by Crippen LogP contribution is -2.60. The van der Waals surface area contributed by atoms with Gasteiger partial charge in [0.1, 0.15) is 12.1 Å². The second kappa shape index (κ2) is 21.1. The number of nitrogens with one attached hydrogen (secondary N) is 2. The van der Waals surface area contributed by atoms with Crippen LogP contribution in [0.5, 0.6) is 0 Å². The molecule has 2 saturated heterocycles. The summed E-state index contributed by atoms with van der Waals surface area (Å²) >= 11 is 0. The largest absolute Gasteiger partial charge is 0.418 e. The number of hydrogen-bond acceptors (Lipinski definition) is 10. The smallest absolute Gasteiger partial charge is 0.247 e. The summed E-state index contributed by atoms with van der Waals surface area (Å²) < 4.78 is 18.3. The van der Waals surface area contributed by atoms with Crippen LogP contribution in [0.25, 0.3) is 11.5 Å². The Bertz CT molecular complexity index is 1940. The molecule has 1 saturated carbocycles. The van der Waals surface area contributed by atoms with Crippen LogP contribution < -0.4 is 10.6 Å². The maximum atomic E-state index is 14.5. The molecule has 2 bridgehead atoms. The van der Waals surface area contributed by atoms with Crippen molar-refractivity contribution in [1.82, 2.24) is 35.5 Å². The summed E-state index contributed by atoms with van der Waals surface area (Å²) in [7, 11) is 6.95. The van der Waals surface area contributed by atoms with Gasteiger partial charge in [0.2, 0.25) is 35.4 Å². The van der Waals surface area contributed by atoms with Gasteiger partial charge in [-0.05, 0) is 74.6 Å². The molecule has 3 fully saturated rings. The van der Waals surface area contributed by atoms with E-state index in [1.807, 2.05) is 93.4 Å². The van der Waals surface area contributed by atoms with Crippen LogP contribution >= 0.6 is 0 Å². The van der Waals surface area contributed by atoms with E-state index in [4.69, 9.17) is 13.9 Å². The summed E-state index contributed by atoms with van der Waals surface area (Å²) in [6.45, 7) is 10.4. The van der Waals surface area contributed by atoms with Crippen molar-refractivity contribution >= 4 is 23.6 Å². The number of nitrogens with zero attached hydrogens (tertiary/aromatic N) is 5. The highest BCUT2D eigenvalue weighted by Crippen LogP contribution is 2.41. The molecule has 338 valence electrons. The number of ether oxygens (including phenoxy) is 2. The second-order valence-electron chi connectivity index (χ2n) is 18.2. The van der Waals surface area contributed by atoms with Crippen LogP contribution in [0.4, 0.5) is 0 Å². The van der Waals surface area contributed by atoms with E-state index in [0.717, 1.165) is 43.2 Å². The Morgan fingerprint density at radius 2 is 1.61 bits per heavy atom. The maximum absolute atomic E-state index is 14.5. The lowest BCUT2D eigenvalue weighted by Gasteiger charge is -2.41. The minimum Gasteiger partial charge on any atom is -0.418 e. The van der Waals surface area contributed by atoms with Gasteiger partial charge in [0.15, 0.2) is 0 Å². The summed E-state index contributed by atoms with van der Waals surface area (Å²) in [5.74, 6) is -0.521. The van der Waals surface area contributed by atoms with Gasteiger partial charge in [0, 0.05) is 45.8 Å². The molecule has 62 heavy (non-hydrogen) atoms. The van der Waals surface area contributed by atoms with E-state index in [1.165, 1.54) is 0 Å². The van der Waals surface area contributed by atoms with Crippen molar-refractivity contribution in [2.24, 2.45) is 23.7 Å². The summed E-state index contributed by atoms with van der Waals surface area (Å²) in [5, 5.41) is 15.0. The molecule has 11 atom stereocenters. The van der Waals surface area contributed by atoms with E-state index in [-0.39, 0.29) is 54.0 Å². The highest BCUT2D eigenvalue weighted by Gasteiger charge is 2.49. The lowest BCUT2D eigenvalue weighted by molar-refractivity contribution is -0.148. The molecule has 14 nitrogen and oxygen atoms in total. The first-order chi connectivity index (χ1) is 29.8. The molecule has 6 rings (SSSR count). The molecule has 3 aliphatic rings. The minimum atomic E-state index is -0.726. The highest BCUT2D eigenvalue weighted by molar-refractivity contribution is 5.90. The van der Waals surface area contributed by atoms with Gasteiger partial charge >= 0.3 is 0 Å². The molecule has 2 aromatic carbocycles. The molecule has 3 heterocycles. The van der Waals surface area contributed by atoms with Crippen LogP contribution in [0.2, 0.25) is 0 Å². The van der Waals surface area contributed by atoms with Crippen LogP contribution in [0.15, 0.2) is 65.1 Å². The molecule has 14 heteroatoms. The summed E-state index contributed by atoms with van der Waals surface area (Å²) in [6, 6.07) is 17.4. The Morgan fingerprint density at radius 1 is 0.919 bits per heavy atom. The van der Waals surface area contributed by atoms with E-state index in [0.29, 0.717) is 43.1 Å². The molecule has 4 amide bonds. The Balaban J connectivity index is 1.14. The first-order valence-electron chi connectivity index (χ1n) is 22.6. The predicted molar refractivity (Wildman–Crippen MR) is 236 cm³/mol. The minimum absolute atomic E-state index is 0.0156. The monoisotopic (exact) mass is 856 g/mol. The standard InChI is InChI=1S/C48H69N7O7/c1-10-30(4)41(54(7)48(59)40(29(2)3)50-45(58)42-34-23-24-35(27-34)53(42)6)38(60-8)28-39(56)55-25-17-22-37(55)43(61-9)31(5)44(57)49-36(26-32-18-13-11-14-19-32)47-52-51-46(62-47)33-20-15-12-16-21-33/h11-16,18-21,29-31,34-38,40-43H,10,17,22-28H2,1-9H3,(H,49,57)(H,50,58)/t30-,31+,34-,35+,36-,37-,38+,40-,41-,42-,43+/m0/s1. The first kappa shape index (κ1) is 46.8. The highest BCUT2D eigenvalue weighted by atomic mass is 16.5. The van der Waals surface area contributed by atoms with E-state index >= 15 is 0 Å². The van der Waals surface area contributed by atoms with Crippen molar-refractivity contribution in [2.75, 3.05) is 34.9 Å². The van der Waals surface area contributed by atoms with Gasteiger partial charge in [-0.1, -0.05) is 89.6 Å². The number of carbonyl (C=O) groups is 4. The molecule has 1 aromatic heterocycles. The average molecular weight is 856 g/mol. The number of likely N-dealkylation sites (N-methyl/N-ethyl adjacent to an activating group) is 2. The summed E-state index contributed by atoms with van der Waals surface area (Å²) in [4.78, 5) is 62.5. The SMILES string of the molecule is CC[C@H](C)[C@@H]([C@@H](CC(=O)N1CCC[C@H]1[C@H](OC)[C@@H](C)C(=O)N[C@@H](Cc1ccccc1)c1nnc(-c2ccccc2)o1)OC)N(C)C(=O)[C@@H](NC(=O)[C@@H]1[C@H]2CC[C@H](C2)N1C)C(C)C. The number of aromatic nitrogens is 2. The Kier molecular flexibility index (Phi) is 16.0. The third kappa shape index (κ3) is 10.4. The number of carbonyl (C=O) groups excluding carboxylic acids is 4. The number of amides is 4. The normalized spacial score (nSPS) is 23.4. The van der Waals surface area contributed by atoms with Crippen LogP contribution in [-0.4, -0.2) is 126 Å². The predicted octanol–water partition coefficient (Wildman–Crippen LogP) is 5.68. The summed E-state index contributed by atoms with van der Waals surface area (Å²) in [6.07, 6.45) is 4.57. The number of rotatable bonds is 20. The van der Waals surface area contributed by atoms with Gasteiger partial charge in [0.05, 0.1) is 42.7 Å². The molecular formula is C48H69N7O7. The molecular weight excluding hydrogens is 787 g/mol. The quantitative estimate of drug-likeness (QED) is 0.145. The first-order valence-corrected chi connectivity index (χ1v) is 22.6. The number of benzene rings is 2. The number of methoxy groups -OCH3 is 2. The van der Waals surface area contributed by atoms with Crippen molar-refractivity contribution in [3.63, 3.8) is 0 Å². The van der Waals surface area contributed by atoms with E-state index < -0.39 is 36.3 Å². The van der Waals surface area contributed by atoms with Gasteiger partial charge < -0.3 is 34.3 Å². The van der Waals surface area contributed by atoms with Crippen molar-refractivity contribution in [3.8, 4) is 11.5 Å². The van der Waals surface area contributed by atoms with Gasteiger partial charge in [-0.2, -0.15) is 0 Å². The number of piperidine rings is 1. The maximum Gasteiger partial charge on any atom is 0.247 e. The zero-order valence-corrected chi connectivity index (χ0v) is 38.2. The van der Waals surface area contributed by atoms with Crippen molar-refractivity contribution in [1.29, 1.82) is 0 Å². The van der Waals surface area contributed by atoms with Gasteiger partial charge in [0.25, 0.3) is 0 Å². The third-order valence-corrected chi connectivity index (χ3v) is 14.0. The molecule has 3 aromatic rings. The zero-order chi connectivity index (χ0) is 44.7. The number of likely N-dealkylation sites (tertiary alicyclic amines) is 2. The molecule has 2 aliphatic heterocycles. The molecule has 0 spiro atoms. The molecule has 0 radical (unpaired) electrons. The molecule has 2 N–H and O–H groups in total. The van der Waals surface area contributed by atoms with Crippen molar-refractivity contribution in [2.45, 2.75) is 134 Å². The van der Waals surface area contributed by atoms with Crippen molar-refractivity contribution in [3.05, 3.63) is 72.1 Å². The second-order valence-corrected chi connectivity index (χ2v) is 18.2. The Labute approximate surface area is 367 Å². The fraction of sp³-hybridized carbons (Fsp3) is 0.625. The average Bonchev–Trinajstić information content (AvgIpc) is 4.12. The number of fused-ring (bicyclic) bond motifs is 2. The van der Waals surface area contributed by atoms with Gasteiger partial charge in [-0.25, -0.2) is 0 Å². The Hall–Kier alpha value is -4.66. The van der Waals surface area contributed by atoms with Gasteiger partial charge in [-0.3, -0.25) is 24.1 Å². The fourth-order valence-electron chi connectivity index (χ4n) is 10.3. The van der Waals surface area contributed by atoms with Crippen LogP contribution in [0.3, 0.4) is 0 Å². The third-order valence-electron chi connectivity index (χ3n) is 14.0.